The van der Waals surface area contributed by atoms with Gasteiger partial charge in [0, 0.05) is 5.41 Å². The molecule has 3 aromatic rings. The van der Waals surface area contributed by atoms with Crippen molar-refractivity contribution in [3.8, 4) is 12.3 Å². The lowest BCUT2D eigenvalue weighted by atomic mass is 9.47. The van der Waals surface area contributed by atoms with Gasteiger partial charge >= 0.3 is 0 Å². The molecule has 0 radical (unpaired) electrons. The van der Waals surface area contributed by atoms with Gasteiger partial charge in [-0.2, -0.15) is 0 Å². The summed E-state index contributed by atoms with van der Waals surface area (Å²) in [4.78, 5) is 0. The Morgan fingerprint density at radius 2 is 0.759 bits per heavy atom. The Morgan fingerprint density at radius 3 is 1.00 bits per heavy atom. The van der Waals surface area contributed by atoms with Crippen LogP contribution in [0.15, 0.2) is 36.4 Å². The maximum atomic E-state index is 6.48. The molecular formula is C29H28. The monoisotopic (exact) mass is 376 g/mol. The summed E-state index contributed by atoms with van der Waals surface area (Å²) < 4.78 is 0. The molecule has 0 saturated heterocycles. The van der Waals surface area contributed by atoms with Gasteiger partial charge in [0.1, 0.15) is 5.41 Å². The molecule has 0 amide bonds. The summed E-state index contributed by atoms with van der Waals surface area (Å²) in [5.74, 6) is 3.33. The Balaban J connectivity index is 2.07. The Bertz CT molecular complexity index is 1130. The van der Waals surface area contributed by atoms with Gasteiger partial charge in [-0.15, -0.1) is 6.42 Å². The van der Waals surface area contributed by atoms with Gasteiger partial charge in [-0.3, -0.25) is 0 Å². The van der Waals surface area contributed by atoms with Crippen LogP contribution in [0.5, 0.6) is 0 Å². The highest BCUT2D eigenvalue weighted by molar-refractivity contribution is 5.79. The Kier molecular flexibility index (Phi) is 3.42. The highest BCUT2D eigenvalue weighted by Crippen LogP contribution is 2.62. The number of hydrogen-bond acceptors (Lipinski definition) is 0. The highest BCUT2D eigenvalue weighted by Gasteiger charge is 2.56. The fraction of sp³-hybridized carbons (Fsp3) is 0.310. The molecule has 3 aromatic carbocycles. The van der Waals surface area contributed by atoms with Crippen molar-refractivity contribution in [2.45, 2.75) is 59.3 Å². The fourth-order valence-electron chi connectivity index (χ4n) is 5.72. The molecule has 0 spiro atoms. The molecule has 2 bridgehead atoms. The first-order valence-electron chi connectivity index (χ1n) is 10.5. The molecule has 0 unspecified atom stereocenters. The van der Waals surface area contributed by atoms with Gasteiger partial charge in [0.2, 0.25) is 0 Å². The van der Waals surface area contributed by atoms with Crippen LogP contribution in [-0.4, -0.2) is 0 Å². The third kappa shape index (κ3) is 1.92. The maximum absolute atomic E-state index is 6.48. The van der Waals surface area contributed by atoms with E-state index in [9.17, 15) is 0 Å². The molecule has 0 aliphatic heterocycles. The van der Waals surface area contributed by atoms with Gasteiger partial charge < -0.3 is 0 Å². The average Bonchev–Trinajstić information content (AvgIpc) is 2.67. The molecule has 0 fully saturated rings. The second kappa shape index (κ2) is 5.43. The third-order valence-electron chi connectivity index (χ3n) is 7.95. The van der Waals surface area contributed by atoms with Gasteiger partial charge in [-0.1, -0.05) is 42.3 Å². The zero-order valence-corrected chi connectivity index (χ0v) is 18.5. The van der Waals surface area contributed by atoms with E-state index in [4.69, 9.17) is 6.42 Å². The maximum Gasteiger partial charge on any atom is 0.107 e. The predicted octanol–water partition coefficient (Wildman–Crippen LogP) is 6.49. The molecule has 0 saturated carbocycles. The summed E-state index contributed by atoms with van der Waals surface area (Å²) in [6.07, 6.45) is 6.48. The Morgan fingerprint density at radius 1 is 0.517 bits per heavy atom. The number of rotatable bonds is 0. The SMILES string of the molecule is C#CC12c3cc(C)c(C)cc3C(C)(c3cc(C)c(C)cc31)c1cc(C)c(C)cc12. The molecule has 0 N–H and O–H groups in total. The van der Waals surface area contributed by atoms with Crippen molar-refractivity contribution in [3.63, 3.8) is 0 Å². The highest BCUT2D eigenvalue weighted by atomic mass is 14.6. The van der Waals surface area contributed by atoms with Crippen LogP contribution in [0.4, 0.5) is 0 Å². The van der Waals surface area contributed by atoms with Crippen molar-refractivity contribution >= 4 is 0 Å². The quantitative estimate of drug-likeness (QED) is 0.394. The molecule has 3 aliphatic rings. The van der Waals surface area contributed by atoms with Gasteiger partial charge in [0.15, 0.2) is 0 Å². The van der Waals surface area contributed by atoms with E-state index < -0.39 is 5.41 Å². The first kappa shape index (κ1) is 18.3. The Hall–Kier alpha value is -2.78. The van der Waals surface area contributed by atoms with Crippen LogP contribution in [-0.2, 0) is 10.8 Å². The van der Waals surface area contributed by atoms with E-state index in [-0.39, 0.29) is 5.41 Å². The summed E-state index contributed by atoms with van der Waals surface area (Å²) >= 11 is 0. The van der Waals surface area contributed by atoms with Crippen LogP contribution < -0.4 is 0 Å². The first-order chi connectivity index (χ1) is 13.7. The van der Waals surface area contributed by atoms with Crippen molar-refractivity contribution in [1.29, 1.82) is 0 Å². The predicted molar refractivity (Wildman–Crippen MR) is 122 cm³/mol. The molecule has 0 nitrogen and oxygen atoms in total. The summed E-state index contributed by atoms with van der Waals surface area (Å²) in [5, 5.41) is 0. The molecule has 6 rings (SSSR count). The third-order valence-corrected chi connectivity index (χ3v) is 7.95. The minimum Gasteiger partial charge on any atom is -0.118 e. The van der Waals surface area contributed by atoms with Gasteiger partial charge in [0.05, 0.1) is 0 Å². The van der Waals surface area contributed by atoms with Crippen molar-refractivity contribution in [3.05, 3.63) is 103 Å². The molecule has 29 heavy (non-hydrogen) atoms. The number of hydrogen-bond donors (Lipinski definition) is 0. The van der Waals surface area contributed by atoms with E-state index in [2.05, 4.69) is 90.8 Å². The van der Waals surface area contributed by atoms with Gasteiger partial charge in [-0.05, 0) is 115 Å². The van der Waals surface area contributed by atoms with Crippen LogP contribution >= 0.6 is 0 Å². The smallest absolute Gasteiger partial charge is 0.107 e. The zero-order chi connectivity index (χ0) is 20.9. The van der Waals surface area contributed by atoms with Crippen LogP contribution in [0.2, 0.25) is 0 Å². The molecule has 0 atom stereocenters. The number of benzene rings is 3. The van der Waals surface area contributed by atoms with Crippen LogP contribution in [0, 0.1) is 53.9 Å². The summed E-state index contributed by atoms with van der Waals surface area (Å²) in [6.45, 7) is 15.7. The van der Waals surface area contributed by atoms with E-state index in [1.54, 1.807) is 0 Å². The number of aryl methyl sites for hydroxylation is 6. The Labute approximate surface area is 175 Å². The lowest BCUT2D eigenvalue weighted by Crippen LogP contribution is -2.49. The van der Waals surface area contributed by atoms with Gasteiger partial charge in [-0.25, -0.2) is 0 Å². The van der Waals surface area contributed by atoms with E-state index in [1.807, 2.05) is 0 Å². The standard InChI is InChI=1S/C29H28/c1-9-29-25-13-19(5)16(2)10-22(25)28(8,23-11-17(3)20(6)14-26(23)29)24-12-18(4)21(7)15-27(24)29/h1,10-15H,2-8H3. The zero-order valence-electron chi connectivity index (χ0n) is 18.5. The summed E-state index contributed by atoms with van der Waals surface area (Å²) in [5.41, 5.74) is 15.3. The van der Waals surface area contributed by atoms with E-state index in [0.29, 0.717) is 0 Å². The molecule has 0 heterocycles. The lowest BCUT2D eigenvalue weighted by molar-refractivity contribution is 0.548. The minimum absolute atomic E-state index is 0.187. The van der Waals surface area contributed by atoms with E-state index in [1.165, 1.54) is 66.8 Å². The van der Waals surface area contributed by atoms with Crippen molar-refractivity contribution in [2.75, 3.05) is 0 Å². The molecule has 0 heteroatoms. The molecular weight excluding hydrogens is 348 g/mol. The van der Waals surface area contributed by atoms with Crippen LogP contribution in [0.3, 0.4) is 0 Å². The van der Waals surface area contributed by atoms with E-state index in [0.717, 1.165) is 0 Å². The summed E-state index contributed by atoms with van der Waals surface area (Å²) in [6, 6.07) is 14.3. The largest absolute Gasteiger partial charge is 0.118 e. The minimum atomic E-state index is -0.521. The second-order valence-electron chi connectivity index (χ2n) is 9.47. The average molecular weight is 377 g/mol. The lowest BCUT2D eigenvalue weighted by Gasteiger charge is -2.54. The van der Waals surface area contributed by atoms with Crippen LogP contribution in [0.1, 0.15) is 73.7 Å². The second-order valence-corrected chi connectivity index (χ2v) is 9.47. The van der Waals surface area contributed by atoms with Crippen molar-refractivity contribution in [1.82, 2.24) is 0 Å². The van der Waals surface area contributed by atoms with Crippen molar-refractivity contribution in [2.24, 2.45) is 0 Å². The van der Waals surface area contributed by atoms with E-state index >= 15 is 0 Å². The summed E-state index contributed by atoms with van der Waals surface area (Å²) in [7, 11) is 0. The topological polar surface area (TPSA) is 0 Å². The van der Waals surface area contributed by atoms with Crippen LogP contribution in [0.25, 0.3) is 0 Å². The molecule has 3 aliphatic carbocycles. The normalized spacial score (nSPS) is 23.2. The van der Waals surface area contributed by atoms with Gasteiger partial charge in [0.25, 0.3) is 0 Å². The molecule has 144 valence electrons. The fourth-order valence-corrected chi connectivity index (χ4v) is 5.72. The number of terminal acetylenes is 1. The molecule has 0 aromatic heterocycles. The van der Waals surface area contributed by atoms with Crippen molar-refractivity contribution < 1.29 is 0 Å². The first-order valence-corrected chi connectivity index (χ1v) is 10.5.